The van der Waals surface area contributed by atoms with Gasteiger partial charge in [0.2, 0.25) is 11.8 Å². The van der Waals surface area contributed by atoms with E-state index in [9.17, 15) is 9.59 Å². The van der Waals surface area contributed by atoms with Crippen molar-refractivity contribution in [1.29, 1.82) is 0 Å². The van der Waals surface area contributed by atoms with Gasteiger partial charge >= 0.3 is 0 Å². The maximum Gasteiger partial charge on any atom is 0.249 e. The monoisotopic (exact) mass is 649 g/mol. The Labute approximate surface area is 273 Å². The molecule has 3 saturated heterocycles. The first-order valence-electron chi connectivity index (χ1n) is 15.4. The smallest absolute Gasteiger partial charge is 0.249 e. The molecule has 0 bridgehead atoms. The molecule has 0 radical (unpaired) electrons. The molecular formula is C32H40ClN9O2S. The van der Waals surface area contributed by atoms with Crippen molar-refractivity contribution in [2.45, 2.75) is 60.7 Å². The molecule has 11 nitrogen and oxygen atoms in total. The molecule has 0 spiro atoms. The van der Waals surface area contributed by atoms with Gasteiger partial charge in [-0.1, -0.05) is 41.6 Å². The molecule has 4 heterocycles. The third kappa shape index (κ3) is 7.63. The van der Waals surface area contributed by atoms with E-state index in [0.29, 0.717) is 28.7 Å². The van der Waals surface area contributed by atoms with E-state index in [1.54, 1.807) is 6.20 Å². The lowest BCUT2D eigenvalue weighted by Crippen LogP contribution is -2.48. The minimum atomic E-state index is -0.397. The minimum Gasteiger partial charge on any atom is -0.381 e. The first kappa shape index (κ1) is 31.4. The van der Waals surface area contributed by atoms with Crippen LogP contribution in [-0.2, 0) is 16.1 Å². The van der Waals surface area contributed by atoms with Gasteiger partial charge < -0.3 is 26.6 Å². The van der Waals surface area contributed by atoms with E-state index < -0.39 is 6.04 Å². The number of amides is 2. The predicted molar refractivity (Wildman–Crippen MR) is 180 cm³/mol. The van der Waals surface area contributed by atoms with Crippen molar-refractivity contribution in [3.63, 3.8) is 0 Å². The summed E-state index contributed by atoms with van der Waals surface area (Å²) < 4.78 is 0. The Balaban J connectivity index is 1.04. The Morgan fingerprint density at radius 1 is 1.07 bits per heavy atom. The molecule has 0 saturated carbocycles. The average Bonchev–Trinajstić information content (AvgIpc) is 3.01. The molecule has 1 atom stereocenters. The zero-order chi connectivity index (χ0) is 31.6. The number of nitrogens with zero attached hydrogens (tertiary/aromatic N) is 5. The Hall–Kier alpha value is -3.58. The summed E-state index contributed by atoms with van der Waals surface area (Å²) in [5.74, 6) is 0.694. The Morgan fingerprint density at radius 2 is 1.82 bits per heavy atom. The van der Waals surface area contributed by atoms with Crippen molar-refractivity contribution < 1.29 is 9.59 Å². The van der Waals surface area contributed by atoms with E-state index in [4.69, 9.17) is 23.1 Å². The van der Waals surface area contributed by atoms with E-state index in [1.807, 2.05) is 24.3 Å². The lowest BCUT2D eigenvalue weighted by atomic mass is 9.91. The fourth-order valence-electron chi connectivity index (χ4n) is 5.98. The maximum absolute atomic E-state index is 12.2. The van der Waals surface area contributed by atoms with Crippen molar-refractivity contribution in [3.8, 4) is 0 Å². The number of nitrogens with two attached hydrogens (primary N) is 2. The third-order valence-corrected chi connectivity index (χ3v) is 10.3. The number of piperazine rings is 1. The lowest BCUT2D eigenvalue weighted by molar-refractivity contribution is -0.133. The molecule has 3 fully saturated rings. The summed E-state index contributed by atoms with van der Waals surface area (Å²) in [7, 11) is 0. The summed E-state index contributed by atoms with van der Waals surface area (Å²) in [5, 5.41) is 7.01. The number of benzene rings is 2. The maximum atomic E-state index is 12.2. The largest absolute Gasteiger partial charge is 0.381 e. The molecule has 3 aliphatic heterocycles. The van der Waals surface area contributed by atoms with Crippen LogP contribution in [0.25, 0.3) is 0 Å². The zero-order valence-electron chi connectivity index (χ0n) is 25.5. The Kier molecular flexibility index (Phi) is 9.36. The van der Waals surface area contributed by atoms with Crippen LogP contribution in [0.4, 0.5) is 23.0 Å². The Morgan fingerprint density at radius 3 is 2.56 bits per heavy atom. The van der Waals surface area contributed by atoms with Gasteiger partial charge in [-0.15, -0.1) is 0 Å². The number of piperidine rings is 2. The lowest BCUT2D eigenvalue weighted by Gasteiger charge is -2.37. The number of hydrogen-bond donors (Lipinski definition) is 4. The van der Waals surface area contributed by atoms with Crippen LogP contribution in [0.15, 0.2) is 58.6 Å². The van der Waals surface area contributed by atoms with Crippen LogP contribution >= 0.6 is 23.4 Å². The van der Waals surface area contributed by atoms with Crippen LogP contribution < -0.4 is 31.9 Å². The van der Waals surface area contributed by atoms with Crippen molar-refractivity contribution >= 4 is 58.2 Å². The first-order valence-corrected chi connectivity index (χ1v) is 16.6. The van der Waals surface area contributed by atoms with Gasteiger partial charge in [0, 0.05) is 68.4 Å². The van der Waals surface area contributed by atoms with Gasteiger partial charge in [-0.3, -0.25) is 19.8 Å². The van der Waals surface area contributed by atoms with Crippen LogP contribution in [0.5, 0.6) is 0 Å². The molecule has 6 rings (SSSR count). The number of carbonyl (C=O) groups excluding carboxylic acids is 2. The molecule has 6 N–H and O–H groups in total. The SMILES string of the molecule is CC1(N)CCN(c2cnc(Sc3cccc(N4CCN(Cc5cccc(NC6CCC(=O)NC6=O)c5)CC4)c3Cl)c(N)n2)CC1. The molecule has 1 unspecified atom stereocenters. The molecule has 2 amide bonds. The number of carbonyl (C=O) groups is 2. The summed E-state index contributed by atoms with van der Waals surface area (Å²) >= 11 is 8.40. The molecule has 0 aliphatic carbocycles. The molecule has 238 valence electrons. The van der Waals surface area contributed by atoms with Gasteiger partial charge in [-0.25, -0.2) is 9.97 Å². The van der Waals surface area contributed by atoms with Crippen LogP contribution in [0.3, 0.4) is 0 Å². The second kappa shape index (κ2) is 13.4. The molecule has 3 aliphatic rings. The first-order chi connectivity index (χ1) is 21.6. The number of rotatable bonds is 8. The van der Waals surface area contributed by atoms with Gasteiger partial charge in [0.25, 0.3) is 0 Å². The number of aromatic nitrogens is 2. The second-order valence-corrected chi connectivity index (χ2v) is 13.8. The third-order valence-electron chi connectivity index (χ3n) is 8.76. The van der Waals surface area contributed by atoms with E-state index in [2.05, 4.69) is 60.4 Å². The van der Waals surface area contributed by atoms with Gasteiger partial charge in [-0.05, 0) is 56.0 Å². The zero-order valence-corrected chi connectivity index (χ0v) is 27.0. The minimum absolute atomic E-state index is 0.135. The number of imide groups is 1. The van der Waals surface area contributed by atoms with Gasteiger partial charge in [0.15, 0.2) is 5.82 Å². The van der Waals surface area contributed by atoms with E-state index in [1.165, 1.54) is 17.3 Å². The molecular weight excluding hydrogens is 610 g/mol. The number of halogens is 1. The second-order valence-electron chi connectivity index (χ2n) is 12.4. The summed E-state index contributed by atoms with van der Waals surface area (Å²) in [5.41, 5.74) is 15.6. The summed E-state index contributed by atoms with van der Waals surface area (Å²) in [4.78, 5) is 40.7. The molecule has 13 heteroatoms. The molecule has 1 aromatic heterocycles. The quantitative estimate of drug-likeness (QED) is 0.265. The number of nitrogen functional groups attached to an aromatic ring is 1. The van der Waals surface area contributed by atoms with E-state index >= 15 is 0 Å². The van der Waals surface area contributed by atoms with Gasteiger partial charge in [0.1, 0.15) is 16.9 Å². The van der Waals surface area contributed by atoms with Crippen molar-refractivity contribution in [2.24, 2.45) is 5.73 Å². The fraction of sp³-hybridized carbons (Fsp3) is 0.438. The number of nitrogens with one attached hydrogen (secondary N) is 2. The van der Waals surface area contributed by atoms with Crippen molar-refractivity contribution in [1.82, 2.24) is 20.2 Å². The average molecular weight is 650 g/mol. The van der Waals surface area contributed by atoms with E-state index in [0.717, 1.165) is 80.7 Å². The summed E-state index contributed by atoms with van der Waals surface area (Å²) in [6.07, 6.45) is 4.44. The fourth-order valence-corrected chi connectivity index (χ4v) is 7.15. The standard InChI is InChI=1S/C32H40ClN9O2S/c1-32(35)10-12-42(13-11-32)26-19-36-31(29(34)38-26)45-25-7-3-6-24(28(25)33)41-16-14-40(15-17-41)20-21-4-2-5-22(18-21)37-23-8-9-27(43)39-30(23)44/h2-7,18-19,23,37H,8-17,20,35H2,1H3,(H2,34,38)(H,39,43,44). The van der Waals surface area contributed by atoms with E-state index in [-0.39, 0.29) is 17.4 Å². The van der Waals surface area contributed by atoms with Gasteiger partial charge in [0.05, 0.1) is 16.9 Å². The highest BCUT2D eigenvalue weighted by molar-refractivity contribution is 7.99. The van der Waals surface area contributed by atoms with Crippen LogP contribution in [0, 0.1) is 0 Å². The molecule has 45 heavy (non-hydrogen) atoms. The van der Waals surface area contributed by atoms with Crippen molar-refractivity contribution in [3.05, 3.63) is 59.2 Å². The topological polar surface area (TPSA) is 146 Å². The van der Waals surface area contributed by atoms with Crippen LogP contribution in [0.2, 0.25) is 5.02 Å². The predicted octanol–water partition coefficient (Wildman–Crippen LogP) is 3.72. The highest BCUT2D eigenvalue weighted by atomic mass is 35.5. The normalized spacial score (nSPS) is 20.6. The molecule has 2 aromatic carbocycles. The highest BCUT2D eigenvalue weighted by Gasteiger charge is 2.28. The van der Waals surface area contributed by atoms with Crippen LogP contribution in [0.1, 0.15) is 38.2 Å². The summed E-state index contributed by atoms with van der Waals surface area (Å²) in [6.45, 7) is 8.03. The van der Waals surface area contributed by atoms with Crippen LogP contribution in [-0.4, -0.2) is 77.5 Å². The number of anilines is 4. The van der Waals surface area contributed by atoms with Gasteiger partial charge in [-0.2, -0.15) is 0 Å². The summed E-state index contributed by atoms with van der Waals surface area (Å²) in [6, 6.07) is 13.8. The highest BCUT2D eigenvalue weighted by Crippen LogP contribution is 2.40. The van der Waals surface area contributed by atoms with Crippen molar-refractivity contribution in [2.75, 3.05) is 60.1 Å². The Bertz CT molecular complexity index is 1550. The molecule has 3 aromatic rings. The number of hydrogen-bond acceptors (Lipinski definition) is 11.